The normalized spacial score (nSPS) is 12.1. The molecule has 0 heterocycles. The fourth-order valence-corrected chi connectivity index (χ4v) is 1.81. The Bertz CT molecular complexity index is 311. The summed E-state index contributed by atoms with van der Waals surface area (Å²) in [5.74, 6) is 0.0923. The molecule has 70 valence electrons. The van der Waals surface area contributed by atoms with Crippen molar-refractivity contribution in [2.24, 2.45) is 0 Å². The Morgan fingerprint density at radius 3 is 2.54 bits per heavy atom. The summed E-state index contributed by atoms with van der Waals surface area (Å²) in [6, 6.07) is 9.39. The minimum absolute atomic E-state index is 0.269. The standard InChI is InChI=1S/C9H11NO2S/c1-8(11)10-13(12)7-9-5-3-2-4-6-9/h2-6H,7H2,1H3,(H,10,11). The van der Waals surface area contributed by atoms with Gasteiger partial charge in [0.1, 0.15) is 11.0 Å². The summed E-state index contributed by atoms with van der Waals surface area (Å²) >= 11 is 0. The van der Waals surface area contributed by atoms with Gasteiger partial charge in [-0.2, -0.15) is 0 Å². The van der Waals surface area contributed by atoms with Gasteiger partial charge in [-0.25, -0.2) is 4.21 Å². The van der Waals surface area contributed by atoms with Crippen molar-refractivity contribution in [2.45, 2.75) is 12.7 Å². The van der Waals surface area contributed by atoms with E-state index in [1.54, 1.807) is 0 Å². The molecule has 1 rings (SSSR count). The van der Waals surface area contributed by atoms with Crippen LogP contribution in [0.5, 0.6) is 0 Å². The average Bonchev–Trinajstić information content (AvgIpc) is 2.04. The van der Waals surface area contributed by atoms with Gasteiger partial charge < -0.3 is 0 Å². The highest BCUT2D eigenvalue weighted by Gasteiger charge is 2.01. The van der Waals surface area contributed by atoms with Crippen LogP contribution in [-0.2, 0) is 21.5 Å². The minimum Gasteiger partial charge on any atom is -0.275 e. The average molecular weight is 197 g/mol. The molecule has 0 saturated carbocycles. The Balaban J connectivity index is 2.50. The van der Waals surface area contributed by atoms with Crippen LogP contribution in [0.4, 0.5) is 0 Å². The summed E-state index contributed by atoms with van der Waals surface area (Å²) in [6.07, 6.45) is 0. The number of hydrogen-bond donors (Lipinski definition) is 1. The van der Waals surface area contributed by atoms with E-state index < -0.39 is 11.0 Å². The maximum absolute atomic E-state index is 11.2. The van der Waals surface area contributed by atoms with Gasteiger partial charge in [-0.05, 0) is 5.56 Å². The van der Waals surface area contributed by atoms with Crippen LogP contribution in [0.1, 0.15) is 12.5 Å². The molecule has 1 aromatic rings. The Kier molecular flexibility index (Phi) is 3.64. The third kappa shape index (κ3) is 3.85. The van der Waals surface area contributed by atoms with Crippen LogP contribution in [0.2, 0.25) is 0 Å². The molecule has 3 nitrogen and oxygen atoms in total. The number of nitrogens with one attached hydrogen (secondary N) is 1. The van der Waals surface area contributed by atoms with Gasteiger partial charge in [-0.1, -0.05) is 30.3 Å². The molecule has 0 saturated heterocycles. The maximum atomic E-state index is 11.2. The summed E-state index contributed by atoms with van der Waals surface area (Å²) < 4.78 is 13.5. The molecule has 0 bridgehead atoms. The van der Waals surface area contributed by atoms with Crippen molar-refractivity contribution in [3.8, 4) is 0 Å². The van der Waals surface area contributed by atoms with E-state index in [4.69, 9.17) is 0 Å². The third-order valence-corrected chi connectivity index (χ3v) is 2.51. The van der Waals surface area contributed by atoms with Crippen LogP contribution < -0.4 is 4.72 Å². The molecular weight excluding hydrogens is 186 g/mol. The van der Waals surface area contributed by atoms with Gasteiger partial charge in [0, 0.05) is 6.92 Å². The van der Waals surface area contributed by atoms with E-state index in [1.165, 1.54) is 6.92 Å². The van der Waals surface area contributed by atoms with Crippen LogP contribution >= 0.6 is 0 Å². The number of carbonyl (C=O) groups is 1. The Morgan fingerprint density at radius 2 is 2.00 bits per heavy atom. The lowest BCUT2D eigenvalue weighted by molar-refractivity contribution is -0.117. The summed E-state index contributed by atoms with van der Waals surface area (Å²) in [5, 5.41) is 0. The van der Waals surface area contributed by atoms with Crippen molar-refractivity contribution in [3.05, 3.63) is 35.9 Å². The number of carbonyl (C=O) groups excluding carboxylic acids is 1. The van der Waals surface area contributed by atoms with Gasteiger partial charge in [0.2, 0.25) is 5.91 Å². The molecule has 0 fully saturated rings. The molecule has 1 amide bonds. The number of rotatable bonds is 3. The van der Waals surface area contributed by atoms with E-state index in [1.807, 2.05) is 30.3 Å². The lowest BCUT2D eigenvalue weighted by Crippen LogP contribution is -2.23. The van der Waals surface area contributed by atoms with E-state index in [9.17, 15) is 9.00 Å². The molecule has 1 aromatic carbocycles. The Morgan fingerprint density at radius 1 is 1.38 bits per heavy atom. The molecule has 1 N–H and O–H groups in total. The first-order chi connectivity index (χ1) is 6.18. The van der Waals surface area contributed by atoms with Gasteiger partial charge in [0.25, 0.3) is 0 Å². The Labute approximate surface area is 79.7 Å². The molecule has 13 heavy (non-hydrogen) atoms. The third-order valence-electron chi connectivity index (χ3n) is 1.40. The van der Waals surface area contributed by atoms with Crippen molar-refractivity contribution >= 4 is 16.9 Å². The van der Waals surface area contributed by atoms with Gasteiger partial charge in [0.15, 0.2) is 0 Å². The predicted octanol–water partition coefficient (Wildman–Crippen LogP) is 0.986. The summed E-state index contributed by atoms with van der Waals surface area (Å²) in [6.45, 7) is 1.35. The first-order valence-electron chi connectivity index (χ1n) is 3.88. The number of hydrogen-bond acceptors (Lipinski definition) is 2. The smallest absolute Gasteiger partial charge is 0.228 e. The second-order valence-electron chi connectivity index (χ2n) is 2.63. The van der Waals surface area contributed by atoms with E-state index in [-0.39, 0.29) is 5.91 Å². The van der Waals surface area contributed by atoms with E-state index in [2.05, 4.69) is 4.72 Å². The highest BCUT2D eigenvalue weighted by Crippen LogP contribution is 2.00. The first kappa shape index (κ1) is 9.92. The van der Waals surface area contributed by atoms with Gasteiger partial charge >= 0.3 is 0 Å². The fourth-order valence-electron chi connectivity index (χ4n) is 0.922. The highest BCUT2D eigenvalue weighted by atomic mass is 32.2. The first-order valence-corrected chi connectivity index (χ1v) is 5.20. The summed E-state index contributed by atoms with van der Waals surface area (Å²) in [5.41, 5.74) is 0.953. The zero-order valence-electron chi connectivity index (χ0n) is 7.32. The zero-order valence-corrected chi connectivity index (χ0v) is 8.14. The van der Waals surface area contributed by atoms with Crippen LogP contribution in [0.3, 0.4) is 0 Å². The highest BCUT2D eigenvalue weighted by molar-refractivity contribution is 7.82. The summed E-state index contributed by atoms with van der Waals surface area (Å²) in [7, 11) is -1.30. The quantitative estimate of drug-likeness (QED) is 0.785. The van der Waals surface area contributed by atoms with Crippen LogP contribution in [0.25, 0.3) is 0 Å². The molecule has 0 aliphatic heterocycles. The molecule has 0 aliphatic rings. The largest absolute Gasteiger partial charge is 0.275 e. The van der Waals surface area contributed by atoms with Crippen molar-refractivity contribution in [2.75, 3.05) is 0 Å². The maximum Gasteiger partial charge on any atom is 0.228 e. The van der Waals surface area contributed by atoms with Crippen LogP contribution in [0, 0.1) is 0 Å². The molecular formula is C9H11NO2S. The van der Waals surface area contributed by atoms with Crippen LogP contribution in [-0.4, -0.2) is 10.1 Å². The van der Waals surface area contributed by atoms with Crippen molar-refractivity contribution in [1.82, 2.24) is 4.72 Å². The van der Waals surface area contributed by atoms with E-state index in [0.29, 0.717) is 5.75 Å². The lowest BCUT2D eigenvalue weighted by Gasteiger charge is -2.01. The molecule has 1 unspecified atom stereocenters. The number of benzene rings is 1. The minimum atomic E-state index is -1.30. The van der Waals surface area contributed by atoms with Gasteiger partial charge in [-0.3, -0.25) is 9.52 Å². The molecule has 1 atom stereocenters. The predicted molar refractivity (Wildman–Crippen MR) is 52.1 cm³/mol. The summed E-state index contributed by atoms with van der Waals surface area (Å²) in [4.78, 5) is 10.5. The van der Waals surface area contributed by atoms with Crippen molar-refractivity contribution < 1.29 is 9.00 Å². The van der Waals surface area contributed by atoms with Gasteiger partial charge in [-0.15, -0.1) is 0 Å². The topological polar surface area (TPSA) is 46.2 Å². The lowest BCUT2D eigenvalue weighted by atomic mass is 10.2. The van der Waals surface area contributed by atoms with E-state index in [0.717, 1.165) is 5.56 Å². The molecule has 0 aromatic heterocycles. The second-order valence-corrected chi connectivity index (χ2v) is 3.82. The Hall–Kier alpha value is -1.16. The SMILES string of the molecule is CC(=O)NS(=O)Cc1ccccc1. The monoisotopic (exact) mass is 197 g/mol. The second kappa shape index (κ2) is 4.77. The van der Waals surface area contributed by atoms with Crippen LogP contribution in [0.15, 0.2) is 30.3 Å². The fraction of sp³-hybridized carbons (Fsp3) is 0.222. The molecule has 0 aliphatic carbocycles. The van der Waals surface area contributed by atoms with Crippen molar-refractivity contribution in [3.63, 3.8) is 0 Å². The number of amides is 1. The van der Waals surface area contributed by atoms with Gasteiger partial charge in [0.05, 0.1) is 5.75 Å². The van der Waals surface area contributed by atoms with E-state index >= 15 is 0 Å². The zero-order chi connectivity index (χ0) is 9.68. The molecule has 0 spiro atoms. The molecule has 4 heteroatoms. The van der Waals surface area contributed by atoms with Crippen molar-refractivity contribution in [1.29, 1.82) is 0 Å². The molecule has 0 radical (unpaired) electrons.